The zero-order valence-corrected chi connectivity index (χ0v) is 13.4. The van der Waals surface area contributed by atoms with Crippen LogP contribution in [0.5, 0.6) is 0 Å². The molecular weight excluding hydrogens is 298 g/mol. The Bertz CT molecular complexity index is 607. The van der Waals surface area contributed by atoms with Gasteiger partial charge >= 0.3 is 0 Å². The van der Waals surface area contributed by atoms with E-state index in [1.165, 1.54) is 4.31 Å². The van der Waals surface area contributed by atoms with Crippen LogP contribution in [-0.4, -0.2) is 47.1 Å². The summed E-state index contributed by atoms with van der Waals surface area (Å²) in [6.45, 7) is 3.42. The number of hydrogen-bond donors (Lipinski definition) is 2. The van der Waals surface area contributed by atoms with E-state index in [2.05, 4.69) is 14.9 Å². The Morgan fingerprint density at radius 1 is 1.55 bits per heavy atom. The van der Waals surface area contributed by atoms with Crippen LogP contribution in [0.1, 0.15) is 37.9 Å². The second kappa shape index (κ2) is 6.33. The molecule has 2 heterocycles. The number of aromatic amines is 1. The molecule has 1 unspecified atom stereocenters. The molecule has 7 nitrogen and oxygen atoms in total. The number of nitrogens with one attached hydrogen (secondary N) is 2. The number of rotatable bonds is 5. The van der Waals surface area contributed by atoms with Crippen molar-refractivity contribution in [2.24, 2.45) is 7.05 Å². The summed E-state index contributed by atoms with van der Waals surface area (Å²) in [6, 6.07) is 0. The second-order valence-corrected chi connectivity index (χ2v) is 7.18. The van der Waals surface area contributed by atoms with Gasteiger partial charge in [0.1, 0.15) is 5.82 Å². The van der Waals surface area contributed by atoms with Gasteiger partial charge in [-0.3, -0.25) is 5.10 Å². The number of piperidine rings is 1. The lowest BCUT2D eigenvalue weighted by molar-refractivity contribution is 0.302. The smallest absolute Gasteiger partial charge is 0.279 e. The van der Waals surface area contributed by atoms with E-state index in [0.717, 1.165) is 25.1 Å². The van der Waals surface area contributed by atoms with Crippen molar-refractivity contribution in [2.75, 3.05) is 19.6 Å². The first-order valence-electron chi connectivity index (χ1n) is 6.81. The minimum absolute atomic E-state index is 0.0832. The van der Waals surface area contributed by atoms with Crippen molar-refractivity contribution in [1.29, 1.82) is 0 Å². The Labute approximate surface area is 124 Å². The van der Waals surface area contributed by atoms with E-state index in [4.69, 9.17) is 12.2 Å². The molecule has 1 aliphatic rings. The second-order valence-electron chi connectivity index (χ2n) is 5.04. The topological polar surface area (TPSA) is 83.0 Å². The minimum atomic E-state index is -3.38. The Morgan fingerprint density at radius 2 is 2.30 bits per heavy atom. The van der Waals surface area contributed by atoms with E-state index in [1.807, 2.05) is 18.5 Å². The molecular formula is C11H21N5O2S2. The third-order valence-corrected chi connectivity index (χ3v) is 5.48. The van der Waals surface area contributed by atoms with Crippen LogP contribution in [-0.2, 0) is 17.3 Å². The van der Waals surface area contributed by atoms with Gasteiger partial charge in [-0.1, -0.05) is 6.92 Å². The van der Waals surface area contributed by atoms with Gasteiger partial charge in [0.2, 0.25) is 0 Å². The van der Waals surface area contributed by atoms with Crippen LogP contribution in [0, 0.1) is 4.77 Å². The quantitative estimate of drug-likeness (QED) is 0.790. The molecule has 2 N–H and O–H groups in total. The Hall–Kier alpha value is -0.770. The Morgan fingerprint density at radius 3 is 2.90 bits per heavy atom. The maximum atomic E-state index is 12.2. The number of H-pyrrole nitrogens is 1. The predicted molar refractivity (Wildman–Crippen MR) is 79.2 cm³/mol. The first-order chi connectivity index (χ1) is 9.45. The Balaban J connectivity index is 2.13. The van der Waals surface area contributed by atoms with Crippen LogP contribution >= 0.6 is 12.2 Å². The standard InChI is InChI=1S/C11H21N5O2S2/c1-3-6-12-20(17,18)16-7-4-5-9(8-16)10-13-14-11(19)15(10)2/h9,12H,3-8H2,1-2H3,(H,14,19). The van der Waals surface area contributed by atoms with Crippen LogP contribution in [0.2, 0.25) is 0 Å². The summed E-state index contributed by atoms with van der Waals surface area (Å²) >= 11 is 5.10. The molecule has 20 heavy (non-hydrogen) atoms. The lowest BCUT2D eigenvalue weighted by Gasteiger charge is -2.31. The van der Waals surface area contributed by atoms with Crippen molar-refractivity contribution < 1.29 is 8.42 Å². The van der Waals surface area contributed by atoms with Gasteiger partial charge in [-0.15, -0.1) is 0 Å². The lowest BCUT2D eigenvalue weighted by atomic mass is 9.99. The maximum absolute atomic E-state index is 12.2. The van der Waals surface area contributed by atoms with Crippen molar-refractivity contribution in [3.8, 4) is 0 Å². The van der Waals surface area contributed by atoms with Gasteiger partial charge in [0.25, 0.3) is 10.2 Å². The molecule has 0 spiro atoms. The van der Waals surface area contributed by atoms with Crippen LogP contribution in [0.3, 0.4) is 0 Å². The summed E-state index contributed by atoms with van der Waals surface area (Å²) in [7, 11) is -1.53. The zero-order chi connectivity index (χ0) is 14.8. The van der Waals surface area contributed by atoms with Gasteiger partial charge in [-0.25, -0.2) is 4.72 Å². The number of aromatic nitrogens is 3. The van der Waals surface area contributed by atoms with Gasteiger partial charge in [0.05, 0.1) is 0 Å². The molecule has 1 aromatic heterocycles. The van der Waals surface area contributed by atoms with Crippen LogP contribution in [0.4, 0.5) is 0 Å². The molecule has 1 atom stereocenters. The summed E-state index contributed by atoms with van der Waals surface area (Å²) < 4.78 is 30.8. The molecule has 1 saturated heterocycles. The van der Waals surface area contributed by atoms with Gasteiger partial charge in [0.15, 0.2) is 4.77 Å². The predicted octanol–water partition coefficient (Wildman–Crippen LogP) is 0.901. The van der Waals surface area contributed by atoms with Gasteiger partial charge in [-0.05, 0) is 31.5 Å². The van der Waals surface area contributed by atoms with Crippen molar-refractivity contribution in [2.45, 2.75) is 32.1 Å². The van der Waals surface area contributed by atoms with Crippen molar-refractivity contribution in [1.82, 2.24) is 23.8 Å². The normalized spacial score (nSPS) is 21.2. The molecule has 114 valence electrons. The highest BCUT2D eigenvalue weighted by Gasteiger charge is 2.31. The van der Waals surface area contributed by atoms with Crippen molar-refractivity contribution in [3.63, 3.8) is 0 Å². The molecule has 0 aliphatic carbocycles. The molecule has 9 heteroatoms. The fourth-order valence-electron chi connectivity index (χ4n) is 2.42. The molecule has 2 rings (SSSR count). The summed E-state index contributed by atoms with van der Waals surface area (Å²) in [5.41, 5.74) is 0. The zero-order valence-electron chi connectivity index (χ0n) is 11.8. The molecule has 0 bridgehead atoms. The van der Waals surface area contributed by atoms with Crippen LogP contribution in [0.15, 0.2) is 0 Å². The fraction of sp³-hybridized carbons (Fsp3) is 0.818. The number of hydrogen-bond acceptors (Lipinski definition) is 4. The largest absolute Gasteiger partial charge is 0.307 e. The third-order valence-electron chi connectivity index (χ3n) is 3.54. The summed E-state index contributed by atoms with van der Waals surface area (Å²) in [6.07, 6.45) is 2.54. The third kappa shape index (κ3) is 3.27. The van der Waals surface area contributed by atoms with Crippen LogP contribution in [0.25, 0.3) is 0 Å². The molecule has 0 saturated carbocycles. The lowest BCUT2D eigenvalue weighted by Crippen LogP contribution is -2.45. The van der Waals surface area contributed by atoms with Gasteiger partial charge < -0.3 is 4.57 Å². The first-order valence-corrected chi connectivity index (χ1v) is 8.66. The minimum Gasteiger partial charge on any atom is -0.307 e. The van der Waals surface area contributed by atoms with E-state index in [0.29, 0.717) is 24.4 Å². The molecule has 0 amide bonds. The molecule has 0 radical (unpaired) electrons. The summed E-state index contributed by atoms with van der Waals surface area (Å²) in [5.74, 6) is 0.908. The Kier molecular flexibility index (Phi) is 4.95. The number of nitrogens with zero attached hydrogens (tertiary/aromatic N) is 3. The first kappa shape index (κ1) is 15.6. The maximum Gasteiger partial charge on any atom is 0.279 e. The average molecular weight is 319 g/mol. The molecule has 1 aromatic rings. The van der Waals surface area contributed by atoms with Crippen LogP contribution < -0.4 is 4.72 Å². The van der Waals surface area contributed by atoms with Gasteiger partial charge in [0, 0.05) is 32.6 Å². The highest BCUT2D eigenvalue weighted by molar-refractivity contribution is 7.87. The van der Waals surface area contributed by atoms with E-state index >= 15 is 0 Å². The van der Waals surface area contributed by atoms with E-state index < -0.39 is 10.2 Å². The monoisotopic (exact) mass is 319 g/mol. The van der Waals surface area contributed by atoms with E-state index in [1.54, 1.807) is 0 Å². The molecule has 1 fully saturated rings. The summed E-state index contributed by atoms with van der Waals surface area (Å²) in [5, 5.41) is 6.98. The van der Waals surface area contributed by atoms with Gasteiger partial charge in [-0.2, -0.15) is 17.8 Å². The average Bonchev–Trinajstić information content (AvgIpc) is 2.77. The molecule has 1 aliphatic heterocycles. The van der Waals surface area contributed by atoms with E-state index in [-0.39, 0.29) is 5.92 Å². The van der Waals surface area contributed by atoms with E-state index in [9.17, 15) is 8.42 Å². The highest BCUT2D eigenvalue weighted by Crippen LogP contribution is 2.26. The summed E-state index contributed by atoms with van der Waals surface area (Å²) in [4.78, 5) is 0. The highest BCUT2D eigenvalue weighted by atomic mass is 32.2. The SMILES string of the molecule is CCCNS(=O)(=O)N1CCCC(c2n[nH]c(=S)n2C)C1. The fourth-order valence-corrected chi connectivity index (χ4v) is 3.95. The molecule has 0 aromatic carbocycles. The van der Waals surface area contributed by atoms with Crippen molar-refractivity contribution in [3.05, 3.63) is 10.6 Å². The van der Waals surface area contributed by atoms with Crippen molar-refractivity contribution >= 4 is 22.4 Å².